The minimum atomic E-state index is -0.813. The van der Waals surface area contributed by atoms with Crippen LogP contribution in [0.15, 0.2) is 78.4 Å². The summed E-state index contributed by atoms with van der Waals surface area (Å²) in [5, 5.41) is 2.66. The molecule has 1 atom stereocenters. The van der Waals surface area contributed by atoms with E-state index in [2.05, 4.69) is 31.3 Å². The molecule has 0 radical (unpaired) electrons. The van der Waals surface area contributed by atoms with Crippen molar-refractivity contribution < 1.29 is 23.9 Å². The van der Waals surface area contributed by atoms with Crippen LogP contribution < -0.4 is 19.7 Å². The molecule has 4 rings (SSSR count). The number of halogens is 1. The van der Waals surface area contributed by atoms with Crippen LogP contribution in [-0.2, 0) is 9.59 Å². The van der Waals surface area contributed by atoms with E-state index < -0.39 is 17.8 Å². The summed E-state index contributed by atoms with van der Waals surface area (Å²) in [7, 11) is 0. The second-order valence-electron chi connectivity index (χ2n) is 8.58. The molecule has 190 valence electrons. The summed E-state index contributed by atoms with van der Waals surface area (Å²) in [5.41, 5.74) is 2.05. The lowest BCUT2D eigenvalue weighted by molar-refractivity contribution is -0.122. The van der Waals surface area contributed by atoms with Gasteiger partial charge in [0, 0.05) is 5.02 Å². The molecule has 1 saturated heterocycles. The molecule has 0 bridgehead atoms. The van der Waals surface area contributed by atoms with E-state index in [4.69, 9.17) is 21.1 Å². The second-order valence-corrected chi connectivity index (χ2v) is 9.01. The fraction of sp³-hybridized carbons (Fsp3) is 0.207. The number of imide groups is 2. The van der Waals surface area contributed by atoms with Crippen LogP contribution >= 0.6 is 11.6 Å². The zero-order valence-electron chi connectivity index (χ0n) is 20.6. The number of hydrogen-bond acceptors (Lipinski definition) is 5. The van der Waals surface area contributed by atoms with Gasteiger partial charge >= 0.3 is 6.03 Å². The number of amides is 4. The highest BCUT2D eigenvalue weighted by atomic mass is 35.5. The lowest BCUT2D eigenvalue weighted by atomic mass is 9.99. The van der Waals surface area contributed by atoms with Crippen LogP contribution in [0, 0.1) is 0 Å². The van der Waals surface area contributed by atoms with Crippen molar-refractivity contribution in [3.8, 4) is 11.5 Å². The van der Waals surface area contributed by atoms with E-state index in [-0.39, 0.29) is 5.57 Å². The standard InChI is InChI=1S/C29H27ClN2O5/c1-3-19(2)21-6-14-25(15-7-21)37-17-16-36-24-12-4-20(5-13-24)18-26-27(33)31-29(35)32(28(26)34)23-10-8-22(30)9-11-23/h4-15,18-19H,3,16-17H2,1-2H3,(H,31,33,35). The minimum Gasteiger partial charge on any atom is -0.490 e. The number of carbonyl (C=O) groups is 3. The van der Waals surface area contributed by atoms with Crippen molar-refractivity contribution in [1.29, 1.82) is 0 Å². The molecule has 7 nitrogen and oxygen atoms in total. The van der Waals surface area contributed by atoms with Gasteiger partial charge in [-0.25, -0.2) is 9.69 Å². The number of barbiturate groups is 1. The molecule has 1 N–H and O–H groups in total. The Hall–Kier alpha value is -4.10. The third-order valence-electron chi connectivity index (χ3n) is 6.06. The smallest absolute Gasteiger partial charge is 0.335 e. The number of benzene rings is 3. The van der Waals surface area contributed by atoms with Gasteiger partial charge in [0.25, 0.3) is 11.8 Å². The summed E-state index contributed by atoms with van der Waals surface area (Å²) in [6.45, 7) is 5.11. The number of ether oxygens (including phenoxy) is 2. The highest BCUT2D eigenvalue weighted by molar-refractivity contribution is 6.39. The lowest BCUT2D eigenvalue weighted by Crippen LogP contribution is -2.54. The number of urea groups is 1. The number of carbonyl (C=O) groups excluding carboxylic acids is 3. The molecule has 0 spiro atoms. The first-order chi connectivity index (χ1) is 17.9. The third-order valence-corrected chi connectivity index (χ3v) is 6.31. The van der Waals surface area contributed by atoms with Crippen LogP contribution in [0.3, 0.4) is 0 Å². The minimum absolute atomic E-state index is 0.157. The fourth-order valence-corrected chi connectivity index (χ4v) is 3.88. The summed E-state index contributed by atoms with van der Waals surface area (Å²) in [4.78, 5) is 38.5. The lowest BCUT2D eigenvalue weighted by Gasteiger charge is -2.26. The van der Waals surface area contributed by atoms with E-state index >= 15 is 0 Å². The average Bonchev–Trinajstić information content (AvgIpc) is 2.90. The molecular formula is C29H27ClN2O5. The number of anilines is 1. The van der Waals surface area contributed by atoms with E-state index in [1.54, 1.807) is 36.4 Å². The monoisotopic (exact) mass is 518 g/mol. The molecule has 4 amide bonds. The van der Waals surface area contributed by atoms with Crippen molar-refractivity contribution in [2.24, 2.45) is 0 Å². The SMILES string of the molecule is CCC(C)c1ccc(OCCOc2ccc(C=C3C(=O)NC(=O)N(c4ccc(Cl)cc4)C3=O)cc2)cc1. The first kappa shape index (κ1) is 26.0. The van der Waals surface area contributed by atoms with E-state index in [9.17, 15) is 14.4 Å². The molecule has 1 fully saturated rings. The largest absolute Gasteiger partial charge is 0.490 e. The molecule has 1 unspecified atom stereocenters. The Kier molecular flexibility index (Phi) is 8.25. The predicted octanol–water partition coefficient (Wildman–Crippen LogP) is 5.98. The van der Waals surface area contributed by atoms with Gasteiger partial charge in [-0.3, -0.25) is 14.9 Å². The van der Waals surface area contributed by atoms with Gasteiger partial charge in [0.2, 0.25) is 0 Å². The normalized spacial score (nSPS) is 15.5. The Morgan fingerprint density at radius 3 is 2.00 bits per heavy atom. The fourth-order valence-electron chi connectivity index (χ4n) is 3.76. The topological polar surface area (TPSA) is 84.9 Å². The Balaban J connectivity index is 1.34. The van der Waals surface area contributed by atoms with Crippen LogP contribution in [0.25, 0.3) is 6.08 Å². The molecule has 1 heterocycles. The van der Waals surface area contributed by atoms with Gasteiger partial charge in [0.15, 0.2) is 0 Å². The zero-order chi connectivity index (χ0) is 26.4. The second kappa shape index (κ2) is 11.8. The summed E-state index contributed by atoms with van der Waals surface area (Å²) < 4.78 is 11.5. The van der Waals surface area contributed by atoms with Crippen molar-refractivity contribution in [2.45, 2.75) is 26.2 Å². The van der Waals surface area contributed by atoms with Gasteiger partial charge in [-0.1, -0.05) is 49.7 Å². The Morgan fingerprint density at radius 2 is 1.43 bits per heavy atom. The molecule has 37 heavy (non-hydrogen) atoms. The first-order valence-electron chi connectivity index (χ1n) is 12.0. The van der Waals surface area contributed by atoms with E-state index in [0.717, 1.165) is 17.1 Å². The number of rotatable bonds is 9. The van der Waals surface area contributed by atoms with Gasteiger partial charge < -0.3 is 9.47 Å². The number of nitrogens with zero attached hydrogens (tertiary/aromatic N) is 1. The van der Waals surface area contributed by atoms with Crippen LogP contribution in [0.1, 0.15) is 37.3 Å². The molecule has 0 aromatic heterocycles. The van der Waals surface area contributed by atoms with Crippen molar-refractivity contribution in [3.05, 3.63) is 94.5 Å². The van der Waals surface area contributed by atoms with E-state index in [0.29, 0.717) is 41.2 Å². The van der Waals surface area contributed by atoms with E-state index in [1.165, 1.54) is 23.8 Å². The summed E-state index contributed by atoms with van der Waals surface area (Å²) in [6.07, 6.45) is 2.53. The van der Waals surface area contributed by atoms with Gasteiger partial charge in [-0.05, 0) is 78.1 Å². The van der Waals surface area contributed by atoms with Gasteiger partial charge in [0.1, 0.15) is 30.3 Å². The van der Waals surface area contributed by atoms with Crippen LogP contribution in [0.4, 0.5) is 10.5 Å². The maximum Gasteiger partial charge on any atom is 0.335 e. The quantitative estimate of drug-likeness (QED) is 0.214. The Labute approximate surface area is 220 Å². The van der Waals surface area contributed by atoms with Gasteiger partial charge in [-0.15, -0.1) is 0 Å². The van der Waals surface area contributed by atoms with Crippen LogP contribution in [-0.4, -0.2) is 31.1 Å². The molecule has 1 aliphatic heterocycles. The highest BCUT2D eigenvalue weighted by Gasteiger charge is 2.36. The van der Waals surface area contributed by atoms with Crippen molar-refractivity contribution >= 4 is 41.2 Å². The van der Waals surface area contributed by atoms with Crippen molar-refractivity contribution in [2.75, 3.05) is 18.1 Å². The van der Waals surface area contributed by atoms with E-state index in [1.807, 2.05) is 12.1 Å². The molecule has 8 heteroatoms. The molecule has 1 aliphatic rings. The summed E-state index contributed by atoms with van der Waals surface area (Å²) in [5.74, 6) is 0.460. The molecule has 3 aromatic rings. The zero-order valence-corrected chi connectivity index (χ0v) is 21.3. The number of nitrogens with one attached hydrogen (secondary N) is 1. The first-order valence-corrected chi connectivity index (χ1v) is 12.4. The molecule has 0 aliphatic carbocycles. The Bertz CT molecular complexity index is 1300. The molecular weight excluding hydrogens is 492 g/mol. The van der Waals surface area contributed by atoms with Gasteiger partial charge in [0.05, 0.1) is 5.69 Å². The average molecular weight is 519 g/mol. The van der Waals surface area contributed by atoms with Crippen molar-refractivity contribution in [3.63, 3.8) is 0 Å². The molecule has 3 aromatic carbocycles. The van der Waals surface area contributed by atoms with Crippen LogP contribution in [0.2, 0.25) is 5.02 Å². The van der Waals surface area contributed by atoms with Crippen LogP contribution in [0.5, 0.6) is 11.5 Å². The molecule has 0 saturated carbocycles. The highest BCUT2D eigenvalue weighted by Crippen LogP contribution is 2.24. The van der Waals surface area contributed by atoms with Crippen molar-refractivity contribution in [1.82, 2.24) is 5.32 Å². The Morgan fingerprint density at radius 1 is 0.865 bits per heavy atom. The predicted molar refractivity (Wildman–Crippen MR) is 143 cm³/mol. The summed E-state index contributed by atoms with van der Waals surface area (Å²) in [6, 6.07) is 20.4. The number of hydrogen-bond donors (Lipinski definition) is 1. The maximum absolute atomic E-state index is 13.0. The van der Waals surface area contributed by atoms with Gasteiger partial charge in [-0.2, -0.15) is 0 Å². The third kappa shape index (κ3) is 6.37. The maximum atomic E-state index is 13.0. The summed E-state index contributed by atoms with van der Waals surface area (Å²) >= 11 is 5.90.